The van der Waals surface area contributed by atoms with E-state index in [1.165, 1.54) is 12.8 Å². The molecule has 10 heteroatoms. The van der Waals surface area contributed by atoms with Crippen LogP contribution in [0.2, 0.25) is 0 Å². The highest BCUT2D eigenvalue weighted by Crippen LogP contribution is 2.25. The minimum Gasteiger partial charge on any atom is -0.370 e. The van der Waals surface area contributed by atoms with Crippen molar-refractivity contribution in [2.24, 2.45) is 16.5 Å². The molecule has 1 saturated heterocycles. The van der Waals surface area contributed by atoms with Crippen molar-refractivity contribution in [3.05, 3.63) is 53.4 Å². The van der Waals surface area contributed by atoms with Gasteiger partial charge >= 0.3 is 6.03 Å². The maximum absolute atomic E-state index is 12.7. The van der Waals surface area contributed by atoms with E-state index in [4.69, 9.17) is 11.5 Å². The zero-order valence-electron chi connectivity index (χ0n) is 19.6. The van der Waals surface area contributed by atoms with Crippen LogP contribution in [-0.2, 0) is 6.54 Å². The summed E-state index contributed by atoms with van der Waals surface area (Å²) in [7, 11) is 0. The smallest absolute Gasteiger partial charge is 0.327 e. The molecule has 2 atom stereocenters. The second-order valence-electron chi connectivity index (χ2n) is 8.95. The van der Waals surface area contributed by atoms with Crippen LogP contribution in [-0.4, -0.2) is 56.9 Å². The van der Waals surface area contributed by atoms with Gasteiger partial charge in [-0.05, 0) is 62.5 Å². The number of carbonyl (C=O) groups excluding carboxylic acids is 1. The Bertz CT molecular complexity index is 915. The van der Waals surface area contributed by atoms with Crippen LogP contribution in [0.4, 0.5) is 10.5 Å². The monoisotopic (exact) mass is 467 g/mol. The van der Waals surface area contributed by atoms with Crippen LogP contribution in [0, 0.1) is 0 Å². The van der Waals surface area contributed by atoms with Crippen LogP contribution in [0.5, 0.6) is 0 Å². The topological polar surface area (TPSA) is 145 Å². The number of piperidine rings is 1. The molecule has 34 heavy (non-hydrogen) atoms. The zero-order valence-corrected chi connectivity index (χ0v) is 19.6. The van der Waals surface area contributed by atoms with Gasteiger partial charge in [0, 0.05) is 49.7 Å². The summed E-state index contributed by atoms with van der Waals surface area (Å²) in [6.45, 7) is 5.28. The van der Waals surface area contributed by atoms with E-state index in [1.807, 2.05) is 30.5 Å². The van der Waals surface area contributed by atoms with Gasteiger partial charge in [-0.25, -0.2) is 4.79 Å². The average Bonchev–Trinajstić information content (AvgIpc) is 3.23. The van der Waals surface area contributed by atoms with Gasteiger partial charge in [0.15, 0.2) is 5.96 Å². The number of hydrogen-bond acceptors (Lipinski definition) is 6. The Hall–Kier alpha value is -3.08. The summed E-state index contributed by atoms with van der Waals surface area (Å²) >= 11 is 0. The summed E-state index contributed by atoms with van der Waals surface area (Å²) in [4.78, 5) is 18.4. The predicted molar refractivity (Wildman–Crippen MR) is 136 cm³/mol. The maximum Gasteiger partial charge on any atom is 0.327 e. The van der Waals surface area contributed by atoms with Gasteiger partial charge in [0.1, 0.15) is 6.17 Å². The number of nitrogens with one attached hydrogen (secondary N) is 5. The first kappa shape index (κ1) is 24.1. The molecule has 0 saturated carbocycles. The van der Waals surface area contributed by atoms with E-state index in [0.29, 0.717) is 12.6 Å². The Morgan fingerprint density at radius 3 is 2.79 bits per heavy atom. The van der Waals surface area contributed by atoms with Gasteiger partial charge < -0.3 is 38.1 Å². The van der Waals surface area contributed by atoms with Gasteiger partial charge in [-0.1, -0.05) is 12.1 Å². The maximum atomic E-state index is 12.7. The van der Waals surface area contributed by atoms with E-state index in [9.17, 15) is 4.79 Å². The predicted octanol–water partition coefficient (Wildman–Crippen LogP) is 0.398. The number of carbonyl (C=O) groups is 1. The van der Waals surface area contributed by atoms with Gasteiger partial charge in [0.2, 0.25) is 0 Å². The third kappa shape index (κ3) is 6.72. The normalized spacial score (nSPS) is 21.8. The molecule has 2 amide bonds. The minimum atomic E-state index is -0.155. The fraction of sp³-hybridized carbons (Fsp3) is 0.500. The number of benzene rings is 1. The molecule has 184 valence electrons. The van der Waals surface area contributed by atoms with Crippen molar-refractivity contribution in [3.8, 4) is 0 Å². The number of fused-ring (bicyclic) bond motifs is 1. The van der Waals surface area contributed by atoms with Crippen molar-refractivity contribution in [1.82, 2.24) is 26.6 Å². The summed E-state index contributed by atoms with van der Waals surface area (Å²) in [5.41, 5.74) is 14.9. The highest BCUT2D eigenvalue weighted by molar-refractivity contribution is 5.96. The molecule has 0 spiro atoms. The molecule has 1 aromatic rings. The van der Waals surface area contributed by atoms with Gasteiger partial charge in [-0.15, -0.1) is 0 Å². The number of hydrogen-bond donors (Lipinski definition) is 7. The second-order valence-corrected chi connectivity index (χ2v) is 8.95. The Kier molecular flexibility index (Phi) is 8.40. The highest BCUT2D eigenvalue weighted by Gasteiger charge is 2.30. The number of urea groups is 1. The third-order valence-corrected chi connectivity index (χ3v) is 6.24. The standard InChI is InChI=1S/C24H37N9O/c25-23(26)30-11-2-10-27-14-17-4-6-21(7-5-17)33-16-18-13-19(31-22(18)32-24(33)34)8-12-29-20-3-1-9-28-15-20/h4-7,13,16,20,22,27-29,31H,1-3,8-12,14-15H2,(H,32,34)(H4,25,26,30)/t20-,22?/m1/s1. The number of rotatable bonds is 11. The summed E-state index contributed by atoms with van der Waals surface area (Å²) in [5, 5.41) is 16.9. The van der Waals surface area contributed by atoms with Gasteiger partial charge in [0.25, 0.3) is 0 Å². The molecule has 0 aliphatic carbocycles. The Morgan fingerprint density at radius 1 is 1.18 bits per heavy atom. The van der Waals surface area contributed by atoms with Crippen molar-refractivity contribution >= 4 is 17.7 Å². The summed E-state index contributed by atoms with van der Waals surface area (Å²) in [6.07, 6.45) is 8.17. The number of amides is 2. The molecule has 1 fully saturated rings. The molecule has 3 heterocycles. The molecule has 9 N–H and O–H groups in total. The molecule has 3 aliphatic heterocycles. The molecular weight excluding hydrogens is 430 g/mol. The molecular formula is C24H37N9O. The van der Waals surface area contributed by atoms with Gasteiger partial charge in [-0.2, -0.15) is 0 Å². The number of nitrogens with zero attached hydrogens (tertiary/aromatic N) is 2. The molecule has 0 bridgehead atoms. The lowest BCUT2D eigenvalue weighted by atomic mass is 10.1. The van der Waals surface area contributed by atoms with E-state index >= 15 is 0 Å². The first-order valence-electron chi connectivity index (χ1n) is 12.2. The largest absolute Gasteiger partial charge is 0.370 e. The fourth-order valence-electron chi connectivity index (χ4n) is 4.42. The van der Waals surface area contributed by atoms with Gasteiger partial charge in [-0.3, -0.25) is 9.89 Å². The second kappa shape index (κ2) is 11.9. The van der Waals surface area contributed by atoms with Gasteiger partial charge in [0.05, 0.1) is 5.69 Å². The summed E-state index contributed by atoms with van der Waals surface area (Å²) in [6, 6.07) is 8.44. The third-order valence-electron chi connectivity index (χ3n) is 6.24. The van der Waals surface area contributed by atoms with Crippen LogP contribution >= 0.6 is 0 Å². The van der Waals surface area contributed by atoms with Crippen molar-refractivity contribution < 1.29 is 4.79 Å². The van der Waals surface area contributed by atoms with Crippen molar-refractivity contribution in [2.45, 2.75) is 44.4 Å². The summed E-state index contributed by atoms with van der Waals surface area (Å²) < 4.78 is 0. The van der Waals surface area contributed by atoms with Crippen LogP contribution in [0.25, 0.3) is 0 Å². The van der Waals surface area contributed by atoms with Crippen molar-refractivity contribution in [2.75, 3.05) is 37.6 Å². The summed E-state index contributed by atoms with van der Waals surface area (Å²) in [5.74, 6) is 0.128. The number of anilines is 1. The molecule has 10 nitrogen and oxygen atoms in total. The molecule has 0 radical (unpaired) electrons. The highest BCUT2D eigenvalue weighted by atomic mass is 16.2. The van der Waals surface area contributed by atoms with Crippen LogP contribution < -0.4 is 43.0 Å². The van der Waals surface area contributed by atoms with Crippen molar-refractivity contribution in [3.63, 3.8) is 0 Å². The Labute approximate surface area is 201 Å². The molecule has 1 unspecified atom stereocenters. The first-order valence-corrected chi connectivity index (χ1v) is 12.2. The molecule has 3 aliphatic rings. The number of guanidine groups is 1. The molecule has 1 aromatic carbocycles. The van der Waals surface area contributed by atoms with Crippen molar-refractivity contribution in [1.29, 1.82) is 0 Å². The average molecular weight is 468 g/mol. The van der Waals surface area contributed by atoms with Crippen LogP contribution in [0.3, 0.4) is 0 Å². The van der Waals surface area contributed by atoms with E-state index < -0.39 is 0 Å². The number of aliphatic imine (C=N–C) groups is 1. The van der Waals surface area contributed by atoms with E-state index in [1.54, 1.807) is 4.90 Å². The molecule has 4 rings (SSSR count). The SMILES string of the molecule is NC(N)=NCCCNCc1ccc(N2C=C3C=C(CCN[C@@H]4CCCNC4)NC3NC2=O)cc1. The van der Waals surface area contributed by atoms with E-state index in [-0.39, 0.29) is 18.2 Å². The lowest BCUT2D eigenvalue weighted by molar-refractivity contribution is 0.243. The van der Waals surface area contributed by atoms with Crippen LogP contribution in [0.15, 0.2) is 52.8 Å². The Morgan fingerprint density at radius 2 is 2.03 bits per heavy atom. The lowest BCUT2D eigenvalue weighted by Gasteiger charge is -2.29. The Balaban J connectivity index is 1.26. The lowest BCUT2D eigenvalue weighted by Crippen LogP contribution is -2.51. The zero-order chi connectivity index (χ0) is 23.8. The van der Waals surface area contributed by atoms with E-state index in [0.717, 1.165) is 68.1 Å². The fourth-order valence-corrected chi connectivity index (χ4v) is 4.42. The minimum absolute atomic E-state index is 0.128. The molecule has 0 aromatic heterocycles. The number of nitrogens with two attached hydrogens (primary N) is 2. The first-order chi connectivity index (χ1) is 16.6. The van der Waals surface area contributed by atoms with Crippen LogP contribution in [0.1, 0.15) is 31.2 Å². The quantitative estimate of drug-likeness (QED) is 0.142. The van der Waals surface area contributed by atoms with E-state index in [2.05, 4.69) is 37.7 Å².